The number of aromatic nitrogens is 1. The number of anilines is 1. The third kappa shape index (κ3) is 3.93. The molecule has 0 atom stereocenters. The highest BCUT2D eigenvalue weighted by atomic mass is 79.9. The maximum Gasteiger partial charge on any atom is 0.424 e. The molecule has 2 rings (SSSR count). The summed E-state index contributed by atoms with van der Waals surface area (Å²) in [4.78, 5) is 16.0. The number of sulfonamides is 1. The van der Waals surface area contributed by atoms with Gasteiger partial charge in [0, 0.05) is 23.8 Å². The fourth-order valence-electron chi connectivity index (χ4n) is 1.93. The van der Waals surface area contributed by atoms with Crippen LogP contribution in [0.15, 0.2) is 21.6 Å². The van der Waals surface area contributed by atoms with Crippen LogP contribution in [0.3, 0.4) is 0 Å². The second-order valence-electron chi connectivity index (χ2n) is 6.13. The molecular formula is C13H19BrN4O4S. The lowest BCUT2D eigenvalue weighted by Gasteiger charge is -2.37. The molecule has 0 saturated carbocycles. The summed E-state index contributed by atoms with van der Waals surface area (Å²) in [6.45, 7) is 5.73. The van der Waals surface area contributed by atoms with Crippen LogP contribution in [0.1, 0.15) is 20.8 Å². The number of nitrogens with zero attached hydrogens (tertiary/aromatic N) is 2. The van der Waals surface area contributed by atoms with Crippen LogP contribution in [0.5, 0.6) is 0 Å². The normalized spacial score (nSPS) is 15.8. The molecule has 0 spiro atoms. The fraction of sp³-hybridized carbons (Fsp3) is 0.538. The summed E-state index contributed by atoms with van der Waals surface area (Å²) in [6, 6.07) is 0.800. The number of halogens is 1. The number of pyridine rings is 1. The van der Waals surface area contributed by atoms with Crippen molar-refractivity contribution in [1.29, 1.82) is 0 Å². The Morgan fingerprint density at radius 3 is 2.57 bits per heavy atom. The highest BCUT2D eigenvalue weighted by Crippen LogP contribution is 2.28. The van der Waals surface area contributed by atoms with Crippen LogP contribution >= 0.6 is 15.9 Å². The number of nitrogens with two attached hydrogens (primary N) is 1. The van der Waals surface area contributed by atoms with Gasteiger partial charge in [0.1, 0.15) is 16.3 Å². The minimum absolute atomic E-state index is 0.172. The molecule has 2 heterocycles. The van der Waals surface area contributed by atoms with E-state index in [1.165, 1.54) is 12.3 Å². The van der Waals surface area contributed by atoms with Crippen molar-refractivity contribution in [3.63, 3.8) is 0 Å². The van der Waals surface area contributed by atoms with Crippen molar-refractivity contribution >= 4 is 37.9 Å². The van der Waals surface area contributed by atoms with E-state index in [0.29, 0.717) is 17.6 Å². The summed E-state index contributed by atoms with van der Waals surface area (Å²) in [5.41, 5.74) is 4.88. The van der Waals surface area contributed by atoms with Crippen molar-refractivity contribution in [3.05, 3.63) is 16.7 Å². The molecule has 3 N–H and O–H groups in total. The molecule has 0 unspecified atom stereocenters. The van der Waals surface area contributed by atoms with E-state index in [1.54, 1.807) is 20.8 Å². The maximum absolute atomic E-state index is 12.9. The van der Waals surface area contributed by atoms with Crippen LogP contribution in [0.4, 0.5) is 10.6 Å². The number of rotatable bonds is 3. The Hall–Kier alpha value is -1.39. The van der Waals surface area contributed by atoms with Crippen molar-refractivity contribution in [2.75, 3.05) is 18.8 Å². The first kappa shape index (κ1) is 18.0. The number of hydrogen-bond acceptors (Lipinski definition) is 7. The Kier molecular flexibility index (Phi) is 4.88. The minimum atomic E-state index is -4.18. The molecule has 1 aliphatic rings. The van der Waals surface area contributed by atoms with E-state index in [-0.39, 0.29) is 10.7 Å². The second-order valence-corrected chi connectivity index (χ2v) is 8.83. The maximum atomic E-state index is 12.9. The van der Waals surface area contributed by atoms with Crippen LogP contribution in [-0.4, -0.2) is 48.5 Å². The lowest BCUT2D eigenvalue weighted by Crippen LogP contribution is -2.61. The monoisotopic (exact) mass is 406 g/mol. The summed E-state index contributed by atoms with van der Waals surface area (Å²) in [5, 5.41) is 2.94. The van der Waals surface area contributed by atoms with Gasteiger partial charge in [0.2, 0.25) is 0 Å². The summed E-state index contributed by atoms with van der Waals surface area (Å²) < 4.78 is 32.3. The third-order valence-electron chi connectivity index (χ3n) is 3.05. The van der Waals surface area contributed by atoms with E-state index in [1.807, 2.05) is 0 Å². The molecule has 23 heavy (non-hydrogen) atoms. The molecule has 0 bridgehead atoms. The molecule has 1 saturated heterocycles. The number of carbonyl (C=O) groups excluding carboxylic acids is 1. The van der Waals surface area contributed by atoms with E-state index in [0.717, 1.165) is 4.31 Å². The lowest BCUT2D eigenvalue weighted by molar-refractivity contribution is 0.0304. The molecule has 0 radical (unpaired) electrons. The van der Waals surface area contributed by atoms with Crippen LogP contribution in [0.25, 0.3) is 0 Å². The Bertz CT molecular complexity index is 713. The Labute approximate surface area is 143 Å². The summed E-state index contributed by atoms with van der Waals surface area (Å²) >= 11 is 3.16. The zero-order chi connectivity index (χ0) is 17.4. The van der Waals surface area contributed by atoms with Gasteiger partial charge in [-0.2, -0.15) is 4.31 Å². The third-order valence-corrected chi connectivity index (χ3v) is 5.33. The Morgan fingerprint density at radius 2 is 2.09 bits per heavy atom. The van der Waals surface area contributed by atoms with Crippen molar-refractivity contribution in [2.24, 2.45) is 0 Å². The summed E-state index contributed by atoms with van der Waals surface area (Å²) in [7, 11) is -4.18. The quantitative estimate of drug-likeness (QED) is 0.777. The number of nitrogens with one attached hydrogen (secondary N) is 1. The first-order chi connectivity index (χ1) is 10.5. The SMILES string of the molecule is CC(C)(C)OC(=O)N(C1CNC1)S(=O)(=O)c1cc(Br)cnc1N. The van der Waals surface area contributed by atoms with E-state index >= 15 is 0 Å². The fourth-order valence-corrected chi connectivity index (χ4v) is 4.00. The Balaban J connectivity index is 2.45. The van der Waals surface area contributed by atoms with Crippen molar-refractivity contribution in [1.82, 2.24) is 14.6 Å². The van der Waals surface area contributed by atoms with Gasteiger partial charge < -0.3 is 15.8 Å². The molecule has 1 amide bonds. The summed E-state index contributed by atoms with van der Waals surface area (Å²) in [5.74, 6) is -0.172. The largest absolute Gasteiger partial charge is 0.443 e. The number of ether oxygens (including phenoxy) is 1. The second kappa shape index (κ2) is 6.25. The molecular weight excluding hydrogens is 388 g/mol. The van der Waals surface area contributed by atoms with Gasteiger partial charge in [0.05, 0.1) is 6.04 Å². The predicted octanol–water partition coefficient (Wildman–Crippen LogP) is 1.32. The zero-order valence-electron chi connectivity index (χ0n) is 13.0. The van der Waals surface area contributed by atoms with Crippen molar-refractivity contribution in [3.8, 4) is 0 Å². The zero-order valence-corrected chi connectivity index (χ0v) is 15.4. The highest BCUT2D eigenvalue weighted by Gasteiger charge is 2.42. The topological polar surface area (TPSA) is 115 Å². The lowest BCUT2D eigenvalue weighted by atomic mass is 10.2. The van der Waals surface area contributed by atoms with Crippen molar-refractivity contribution < 1.29 is 17.9 Å². The van der Waals surface area contributed by atoms with Crippen LogP contribution < -0.4 is 11.1 Å². The van der Waals surface area contributed by atoms with Gasteiger partial charge in [-0.15, -0.1) is 0 Å². The first-order valence-electron chi connectivity index (χ1n) is 6.91. The molecule has 1 aromatic heterocycles. The van der Waals surface area contributed by atoms with E-state index in [9.17, 15) is 13.2 Å². The van der Waals surface area contributed by atoms with E-state index in [4.69, 9.17) is 10.5 Å². The average Bonchev–Trinajstić information content (AvgIpc) is 2.33. The number of hydrogen-bond donors (Lipinski definition) is 2. The molecule has 1 aromatic rings. The smallest absolute Gasteiger partial charge is 0.424 e. The van der Waals surface area contributed by atoms with Crippen molar-refractivity contribution in [2.45, 2.75) is 37.3 Å². The molecule has 1 aliphatic heterocycles. The van der Waals surface area contributed by atoms with Gasteiger partial charge in [-0.05, 0) is 42.8 Å². The number of carbonyl (C=O) groups is 1. The molecule has 128 valence electrons. The highest BCUT2D eigenvalue weighted by molar-refractivity contribution is 9.10. The van der Waals surface area contributed by atoms with Gasteiger partial charge in [0.25, 0.3) is 10.0 Å². The van der Waals surface area contributed by atoms with Gasteiger partial charge in [0.15, 0.2) is 0 Å². The predicted molar refractivity (Wildman–Crippen MR) is 88.3 cm³/mol. The van der Waals surface area contributed by atoms with E-state index in [2.05, 4.69) is 26.2 Å². The Morgan fingerprint density at radius 1 is 1.48 bits per heavy atom. The van der Waals surface area contributed by atoms with Crippen LogP contribution in [-0.2, 0) is 14.8 Å². The van der Waals surface area contributed by atoms with Gasteiger partial charge in [-0.25, -0.2) is 18.2 Å². The molecule has 1 fully saturated rings. The molecule has 0 aliphatic carbocycles. The molecule has 10 heteroatoms. The summed E-state index contributed by atoms with van der Waals surface area (Å²) in [6.07, 6.45) is 0.459. The number of amides is 1. The average molecular weight is 407 g/mol. The van der Waals surface area contributed by atoms with Gasteiger partial charge in [-0.3, -0.25) is 0 Å². The van der Waals surface area contributed by atoms with Gasteiger partial charge in [-0.1, -0.05) is 0 Å². The van der Waals surface area contributed by atoms with Crippen LogP contribution in [0, 0.1) is 0 Å². The minimum Gasteiger partial charge on any atom is -0.443 e. The van der Waals surface area contributed by atoms with E-state index < -0.39 is 27.8 Å². The molecule has 0 aromatic carbocycles. The van der Waals surface area contributed by atoms with Gasteiger partial charge >= 0.3 is 6.09 Å². The molecule has 8 nitrogen and oxygen atoms in total. The van der Waals surface area contributed by atoms with Crippen LogP contribution in [0.2, 0.25) is 0 Å². The first-order valence-corrected chi connectivity index (χ1v) is 9.15. The standard InChI is InChI=1S/C13H19BrN4O4S/c1-13(2,3)22-12(19)18(9-6-16-7-9)23(20,21)10-4-8(14)5-17-11(10)15/h4-5,9,16H,6-7H2,1-3H3,(H2,15,17). The number of nitrogen functional groups attached to an aromatic ring is 1.